The number of fused-ring (bicyclic) bond motifs is 1. The molecule has 164 valence electrons. The minimum Gasteiger partial charge on any atom is -0.488 e. The van der Waals surface area contributed by atoms with Gasteiger partial charge in [0.1, 0.15) is 17.9 Å². The molecular weight excluding hydrogens is 392 g/mol. The van der Waals surface area contributed by atoms with Crippen LogP contribution in [0.25, 0.3) is 11.0 Å². The molecule has 0 bridgehead atoms. The summed E-state index contributed by atoms with van der Waals surface area (Å²) in [5, 5.41) is 0.790. The van der Waals surface area contributed by atoms with Gasteiger partial charge in [-0.1, -0.05) is 0 Å². The number of aryl methyl sites for hydroxylation is 2. The Morgan fingerprint density at radius 2 is 1.39 bits per heavy atom. The van der Waals surface area contributed by atoms with Gasteiger partial charge in [0.15, 0.2) is 0 Å². The Balaban J connectivity index is 2.01. The third-order valence-corrected chi connectivity index (χ3v) is 6.73. The van der Waals surface area contributed by atoms with Crippen molar-refractivity contribution < 1.29 is 18.7 Å². The summed E-state index contributed by atoms with van der Waals surface area (Å²) in [6, 6.07) is 3.77. The summed E-state index contributed by atoms with van der Waals surface area (Å²) in [7, 11) is 1.30. The number of hydrogen-bond donors (Lipinski definition) is 0. The molecule has 1 aromatic heterocycles. The van der Waals surface area contributed by atoms with Gasteiger partial charge in [0, 0.05) is 10.9 Å². The maximum atomic E-state index is 12.5. The second-order valence-corrected chi connectivity index (χ2v) is 8.20. The Morgan fingerprint density at radius 1 is 0.806 bits per heavy atom. The van der Waals surface area contributed by atoms with Gasteiger partial charge in [-0.15, -0.1) is 0 Å². The molecule has 0 radical (unpaired) electrons. The van der Waals surface area contributed by atoms with Gasteiger partial charge in [0.05, 0.1) is 19.1 Å². The van der Waals surface area contributed by atoms with Crippen LogP contribution in [0.2, 0.25) is 0 Å². The maximum absolute atomic E-state index is 12.5. The van der Waals surface area contributed by atoms with Crippen molar-refractivity contribution in [2.75, 3.05) is 7.11 Å². The van der Waals surface area contributed by atoms with E-state index in [1.54, 1.807) is 0 Å². The summed E-state index contributed by atoms with van der Waals surface area (Å²) in [5.41, 5.74) is 9.35. The number of carbonyl (C=O) groups excluding carboxylic acids is 1. The van der Waals surface area contributed by atoms with Crippen molar-refractivity contribution in [1.82, 2.24) is 0 Å². The van der Waals surface area contributed by atoms with Gasteiger partial charge in [0.25, 0.3) is 0 Å². The molecule has 0 fully saturated rings. The van der Waals surface area contributed by atoms with Gasteiger partial charge in [-0.2, -0.15) is 0 Å². The SMILES string of the molecule is COC(=O)Cc1c(C)c2ccc(OCc3c(C)c(C)c(C)c(C)c3C)c(C)c2oc1=O. The van der Waals surface area contributed by atoms with Gasteiger partial charge in [-0.3, -0.25) is 4.79 Å². The molecule has 3 rings (SSSR count). The Labute approximate surface area is 183 Å². The molecule has 1 heterocycles. The second-order valence-electron chi connectivity index (χ2n) is 8.20. The monoisotopic (exact) mass is 422 g/mol. The van der Waals surface area contributed by atoms with Crippen LogP contribution in [0.3, 0.4) is 0 Å². The fraction of sp³-hybridized carbons (Fsp3) is 0.385. The molecule has 0 unspecified atom stereocenters. The maximum Gasteiger partial charge on any atom is 0.340 e. The van der Waals surface area contributed by atoms with E-state index < -0.39 is 11.6 Å². The first kappa shape index (κ1) is 22.6. The van der Waals surface area contributed by atoms with Crippen LogP contribution >= 0.6 is 0 Å². The van der Waals surface area contributed by atoms with E-state index >= 15 is 0 Å². The lowest BCUT2D eigenvalue weighted by molar-refractivity contribution is -0.139. The summed E-state index contributed by atoms with van der Waals surface area (Å²) in [6.07, 6.45) is -0.109. The topological polar surface area (TPSA) is 65.7 Å². The summed E-state index contributed by atoms with van der Waals surface area (Å²) in [6.45, 7) is 14.8. The lowest BCUT2D eigenvalue weighted by Gasteiger charge is -2.20. The average molecular weight is 423 g/mol. The van der Waals surface area contributed by atoms with Crippen LogP contribution in [0.15, 0.2) is 21.3 Å². The highest BCUT2D eigenvalue weighted by molar-refractivity contribution is 5.86. The number of methoxy groups -OCH3 is 1. The molecule has 0 aliphatic carbocycles. The minimum atomic E-state index is -0.521. The summed E-state index contributed by atoms with van der Waals surface area (Å²) < 4.78 is 16.5. The normalized spacial score (nSPS) is 11.1. The van der Waals surface area contributed by atoms with Crippen LogP contribution in [0, 0.1) is 48.5 Å². The number of esters is 1. The van der Waals surface area contributed by atoms with E-state index in [-0.39, 0.29) is 6.42 Å². The third kappa shape index (κ3) is 3.97. The lowest BCUT2D eigenvalue weighted by Crippen LogP contribution is -2.16. The molecule has 2 aromatic carbocycles. The van der Waals surface area contributed by atoms with Gasteiger partial charge >= 0.3 is 11.6 Å². The van der Waals surface area contributed by atoms with E-state index in [0.717, 1.165) is 16.5 Å². The zero-order valence-corrected chi connectivity index (χ0v) is 19.6. The van der Waals surface area contributed by atoms with Crippen molar-refractivity contribution in [3.8, 4) is 5.75 Å². The molecule has 5 nitrogen and oxygen atoms in total. The van der Waals surface area contributed by atoms with Crippen molar-refractivity contribution in [1.29, 1.82) is 0 Å². The Bertz CT molecular complexity index is 1220. The smallest absolute Gasteiger partial charge is 0.340 e. The predicted octanol–water partition coefficient (Wildman–Crippen LogP) is 5.25. The molecule has 0 saturated carbocycles. The largest absolute Gasteiger partial charge is 0.488 e. The summed E-state index contributed by atoms with van der Waals surface area (Å²) >= 11 is 0. The Hall–Kier alpha value is -3.08. The van der Waals surface area contributed by atoms with E-state index in [0.29, 0.717) is 23.5 Å². The zero-order valence-electron chi connectivity index (χ0n) is 19.6. The molecule has 3 aromatic rings. The molecule has 0 saturated heterocycles. The molecule has 0 atom stereocenters. The number of carbonyl (C=O) groups is 1. The van der Waals surface area contributed by atoms with Crippen LogP contribution in [0.5, 0.6) is 5.75 Å². The van der Waals surface area contributed by atoms with E-state index in [4.69, 9.17) is 13.9 Å². The van der Waals surface area contributed by atoms with E-state index in [2.05, 4.69) is 34.6 Å². The fourth-order valence-electron chi connectivity index (χ4n) is 4.09. The minimum absolute atomic E-state index is 0.109. The molecule has 5 heteroatoms. The Kier molecular flexibility index (Phi) is 6.25. The standard InChI is InChI=1S/C26H30O5/c1-13-14(2)16(4)22(17(5)15(13)3)12-30-23-10-9-20-18(6)21(11-24(27)29-8)26(28)31-25(20)19(23)7/h9-10H,11-12H2,1-8H3. The predicted molar refractivity (Wildman–Crippen MR) is 122 cm³/mol. The van der Waals surface area contributed by atoms with Crippen molar-refractivity contribution >= 4 is 16.9 Å². The Morgan fingerprint density at radius 3 is 1.97 bits per heavy atom. The third-order valence-electron chi connectivity index (χ3n) is 6.73. The van der Waals surface area contributed by atoms with E-state index in [1.807, 2.05) is 26.0 Å². The van der Waals surface area contributed by atoms with Gasteiger partial charge in [-0.25, -0.2) is 4.79 Å². The zero-order chi connectivity index (χ0) is 23.0. The van der Waals surface area contributed by atoms with Crippen LogP contribution in [0.4, 0.5) is 0 Å². The lowest BCUT2D eigenvalue weighted by atomic mass is 9.90. The molecule has 0 spiro atoms. The average Bonchev–Trinajstić information content (AvgIpc) is 2.75. The quantitative estimate of drug-likeness (QED) is 0.415. The first-order valence-electron chi connectivity index (χ1n) is 10.4. The molecule has 0 aliphatic heterocycles. The molecule has 0 aliphatic rings. The summed E-state index contributed by atoms with van der Waals surface area (Å²) in [4.78, 5) is 24.2. The summed E-state index contributed by atoms with van der Waals surface area (Å²) in [5.74, 6) is 0.200. The van der Waals surface area contributed by atoms with Crippen molar-refractivity contribution in [3.63, 3.8) is 0 Å². The van der Waals surface area contributed by atoms with Gasteiger partial charge in [0.2, 0.25) is 0 Å². The van der Waals surface area contributed by atoms with Gasteiger partial charge < -0.3 is 13.9 Å². The molecule has 0 amide bonds. The van der Waals surface area contributed by atoms with Crippen molar-refractivity contribution in [2.45, 2.75) is 61.5 Å². The highest BCUT2D eigenvalue weighted by Crippen LogP contribution is 2.32. The van der Waals surface area contributed by atoms with Crippen LogP contribution < -0.4 is 10.4 Å². The van der Waals surface area contributed by atoms with E-state index in [9.17, 15) is 9.59 Å². The fourth-order valence-corrected chi connectivity index (χ4v) is 4.09. The van der Waals surface area contributed by atoms with Crippen LogP contribution in [-0.2, 0) is 22.6 Å². The number of hydrogen-bond acceptors (Lipinski definition) is 5. The number of benzene rings is 2. The van der Waals surface area contributed by atoms with Crippen LogP contribution in [0.1, 0.15) is 50.1 Å². The van der Waals surface area contributed by atoms with Crippen LogP contribution in [-0.4, -0.2) is 13.1 Å². The van der Waals surface area contributed by atoms with Crippen molar-refractivity contribution in [3.05, 3.63) is 72.6 Å². The first-order chi connectivity index (χ1) is 14.6. The first-order valence-corrected chi connectivity index (χ1v) is 10.4. The molecular formula is C26H30O5. The highest BCUT2D eigenvalue weighted by atomic mass is 16.5. The number of rotatable bonds is 5. The van der Waals surface area contributed by atoms with E-state index in [1.165, 1.54) is 40.5 Å². The molecule has 0 N–H and O–H groups in total. The highest BCUT2D eigenvalue weighted by Gasteiger charge is 2.18. The second kappa shape index (κ2) is 8.58. The molecule has 31 heavy (non-hydrogen) atoms. The number of ether oxygens (including phenoxy) is 2. The van der Waals surface area contributed by atoms with Crippen molar-refractivity contribution in [2.24, 2.45) is 0 Å². The van der Waals surface area contributed by atoms with Gasteiger partial charge in [-0.05, 0) is 99.5 Å².